The van der Waals surface area contributed by atoms with Crippen molar-refractivity contribution >= 4 is 5.82 Å². The largest absolute Gasteiger partial charge is 0.383 e. The first-order valence-electron chi connectivity index (χ1n) is 7.87. The molecule has 21 heavy (non-hydrogen) atoms. The number of nitrogens with two attached hydrogens (primary N) is 1. The van der Waals surface area contributed by atoms with Crippen LogP contribution in [0.25, 0.3) is 11.3 Å². The summed E-state index contributed by atoms with van der Waals surface area (Å²) in [5, 5.41) is 4.42. The van der Waals surface area contributed by atoms with Crippen molar-refractivity contribution in [3.8, 4) is 11.3 Å². The van der Waals surface area contributed by atoms with Crippen molar-refractivity contribution in [1.29, 1.82) is 0 Å². The van der Waals surface area contributed by atoms with E-state index in [0.29, 0.717) is 12.0 Å². The molecule has 0 amide bonds. The molecule has 0 aliphatic heterocycles. The molecular weight excluding hydrogens is 262 g/mol. The number of aryl methyl sites for hydroxylation is 2. The molecule has 2 heterocycles. The van der Waals surface area contributed by atoms with Crippen LogP contribution in [-0.4, -0.2) is 19.3 Å². The van der Waals surface area contributed by atoms with Crippen molar-refractivity contribution in [3.05, 3.63) is 17.7 Å². The maximum Gasteiger partial charge on any atom is 0.132 e. The Bertz CT molecular complexity index is 644. The minimum atomic E-state index is 0.332. The standard InChI is InChI=1S/C16H25N5/c1-10(2)21-15(17)14(13-9-20(4)19-11(13)3)18-16(21)12-7-5-6-8-12/h9-10,12H,5-8,17H2,1-4H3. The predicted octanol–water partition coefficient (Wildman–Crippen LogP) is 3.41. The van der Waals surface area contributed by atoms with Crippen LogP contribution in [0.5, 0.6) is 0 Å². The molecule has 0 bridgehead atoms. The highest BCUT2D eigenvalue weighted by Crippen LogP contribution is 2.39. The third kappa shape index (κ3) is 2.34. The fourth-order valence-corrected chi connectivity index (χ4v) is 3.51. The Morgan fingerprint density at radius 1 is 1.29 bits per heavy atom. The number of imidazole rings is 1. The molecule has 0 aromatic carbocycles. The number of hydrogen-bond donors (Lipinski definition) is 1. The second-order valence-corrected chi connectivity index (χ2v) is 6.45. The average molecular weight is 287 g/mol. The van der Waals surface area contributed by atoms with Gasteiger partial charge in [-0.2, -0.15) is 5.10 Å². The van der Waals surface area contributed by atoms with Gasteiger partial charge < -0.3 is 10.3 Å². The van der Waals surface area contributed by atoms with Gasteiger partial charge in [0.1, 0.15) is 17.3 Å². The summed E-state index contributed by atoms with van der Waals surface area (Å²) in [5.74, 6) is 2.50. The van der Waals surface area contributed by atoms with Gasteiger partial charge in [0.05, 0.1) is 5.69 Å². The van der Waals surface area contributed by atoms with Crippen molar-refractivity contribution in [3.63, 3.8) is 0 Å². The molecule has 0 saturated heterocycles. The summed E-state index contributed by atoms with van der Waals surface area (Å²) in [5.41, 5.74) is 9.38. The molecule has 3 rings (SSSR count). The molecular formula is C16H25N5. The van der Waals surface area contributed by atoms with Gasteiger partial charge in [0.15, 0.2) is 0 Å². The lowest BCUT2D eigenvalue weighted by atomic mass is 10.1. The number of nitrogens with zero attached hydrogens (tertiary/aromatic N) is 4. The molecule has 1 fully saturated rings. The van der Waals surface area contributed by atoms with E-state index >= 15 is 0 Å². The molecule has 1 saturated carbocycles. The van der Waals surface area contributed by atoms with Crippen molar-refractivity contribution in [1.82, 2.24) is 19.3 Å². The molecule has 0 spiro atoms. The fourth-order valence-electron chi connectivity index (χ4n) is 3.51. The first kappa shape index (κ1) is 14.2. The molecule has 0 radical (unpaired) electrons. The topological polar surface area (TPSA) is 61.7 Å². The van der Waals surface area contributed by atoms with Gasteiger partial charge in [-0.15, -0.1) is 0 Å². The normalized spacial score (nSPS) is 16.2. The van der Waals surface area contributed by atoms with Gasteiger partial charge in [0.2, 0.25) is 0 Å². The van der Waals surface area contributed by atoms with E-state index in [1.807, 2.05) is 24.9 Å². The molecule has 2 aromatic heterocycles. The van der Waals surface area contributed by atoms with Gasteiger partial charge in [-0.05, 0) is 33.6 Å². The number of hydrogen-bond acceptors (Lipinski definition) is 3. The summed E-state index contributed by atoms with van der Waals surface area (Å²) in [6.07, 6.45) is 7.08. The van der Waals surface area contributed by atoms with Crippen LogP contribution in [0, 0.1) is 6.92 Å². The Morgan fingerprint density at radius 3 is 2.48 bits per heavy atom. The van der Waals surface area contributed by atoms with Gasteiger partial charge in [0.25, 0.3) is 0 Å². The zero-order valence-electron chi connectivity index (χ0n) is 13.4. The predicted molar refractivity (Wildman–Crippen MR) is 85.2 cm³/mol. The lowest BCUT2D eigenvalue weighted by Crippen LogP contribution is -2.11. The quantitative estimate of drug-likeness (QED) is 0.941. The Hall–Kier alpha value is -1.78. The number of nitrogen functional groups attached to an aromatic ring is 1. The Labute approximate surface area is 126 Å². The van der Waals surface area contributed by atoms with Crippen LogP contribution in [0.1, 0.15) is 63.0 Å². The molecule has 114 valence electrons. The highest BCUT2D eigenvalue weighted by molar-refractivity contribution is 5.72. The maximum absolute atomic E-state index is 6.45. The van der Waals surface area contributed by atoms with Crippen molar-refractivity contribution in [2.75, 3.05) is 5.73 Å². The lowest BCUT2D eigenvalue weighted by molar-refractivity contribution is 0.534. The smallest absolute Gasteiger partial charge is 0.132 e. The summed E-state index contributed by atoms with van der Waals surface area (Å²) in [7, 11) is 1.93. The number of aromatic nitrogens is 4. The highest BCUT2D eigenvalue weighted by Gasteiger charge is 2.27. The van der Waals surface area contributed by atoms with Crippen LogP contribution in [0.3, 0.4) is 0 Å². The Morgan fingerprint density at radius 2 is 1.95 bits per heavy atom. The summed E-state index contributed by atoms with van der Waals surface area (Å²) in [4.78, 5) is 4.94. The van der Waals surface area contributed by atoms with Crippen LogP contribution >= 0.6 is 0 Å². The van der Waals surface area contributed by atoms with Gasteiger partial charge in [-0.1, -0.05) is 12.8 Å². The average Bonchev–Trinajstić information content (AvgIpc) is 3.08. The van der Waals surface area contributed by atoms with E-state index in [1.54, 1.807) is 0 Å². The van der Waals surface area contributed by atoms with Crippen molar-refractivity contribution in [2.45, 2.75) is 58.4 Å². The van der Waals surface area contributed by atoms with Gasteiger partial charge >= 0.3 is 0 Å². The summed E-state index contributed by atoms with van der Waals surface area (Å²) < 4.78 is 4.05. The monoisotopic (exact) mass is 287 g/mol. The van der Waals surface area contributed by atoms with E-state index in [0.717, 1.165) is 22.8 Å². The molecule has 0 atom stereocenters. The van der Waals surface area contributed by atoms with Crippen LogP contribution in [0.4, 0.5) is 5.82 Å². The SMILES string of the molecule is Cc1nn(C)cc1-c1nc(C2CCCC2)n(C(C)C)c1N. The molecule has 2 aromatic rings. The number of rotatable bonds is 3. The van der Waals surface area contributed by atoms with Crippen LogP contribution < -0.4 is 5.73 Å². The van der Waals surface area contributed by atoms with E-state index in [4.69, 9.17) is 10.7 Å². The van der Waals surface area contributed by atoms with Gasteiger partial charge in [0, 0.05) is 30.8 Å². The summed E-state index contributed by atoms with van der Waals surface area (Å²) >= 11 is 0. The van der Waals surface area contributed by atoms with Crippen molar-refractivity contribution < 1.29 is 0 Å². The Balaban J connectivity index is 2.14. The molecule has 5 heteroatoms. The van der Waals surface area contributed by atoms with Crippen molar-refractivity contribution in [2.24, 2.45) is 7.05 Å². The van der Waals surface area contributed by atoms with E-state index < -0.39 is 0 Å². The van der Waals surface area contributed by atoms with E-state index in [1.165, 1.54) is 31.5 Å². The molecule has 2 N–H and O–H groups in total. The number of anilines is 1. The lowest BCUT2D eigenvalue weighted by Gasteiger charge is -2.17. The minimum Gasteiger partial charge on any atom is -0.383 e. The summed E-state index contributed by atoms with van der Waals surface area (Å²) in [6.45, 7) is 6.37. The first-order chi connectivity index (χ1) is 9.99. The van der Waals surface area contributed by atoms with Gasteiger partial charge in [-0.3, -0.25) is 4.68 Å². The van der Waals surface area contributed by atoms with E-state index in [2.05, 4.69) is 23.5 Å². The summed E-state index contributed by atoms with van der Waals surface area (Å²) in [6, 6.07) is 0.332. The maximum atomic E-state index is 6.45. The van der Waals surface area contributed by atoms with Crippen LogP contribution in [0.2, 0.25) is 0 Å². The second-order valence-electron chi connectivity index (χ2n) is 6.45. The molecule has 1 aliphatic carbocycles. The third-order valence-electron chi connectivity index (χ3n) is 4.48. The molecule has 1 aliphatic rings. The minimum absolute atomic E-state index is 0.332. The Kier molecular flexibility index (Phi) is 3.51. The van der Waals surface area contributed by atoms with Crippen LogP contribution in [0.15, 0.2) is 6.20 Å². The zero-order valence-corrected chi connectivity index (χ0v) is 13.4. The first-order valence-corrected chi connectivity index (χ1v) is 7.87. The molecule has 0 unspecified atom stereocenters. The van der Waals surface area contributed by atoms with E-state index in [9.17, 15) is 0 Å². The highest BCUT2D eigenvalue weighted by atomic mass is 15.3. The zero-order chi connectivity index (χ0) is 15.1. The second kappa shape index (κ2) is 5.20. The van der Waals surface area contributed by atoms with Crippen LogP contribution in [-0.2, 0) is 7.05 Å². The molecule has 5 nitrogen and oxygen atoms in total. The van der Waals surface area contributed by atoms with Gasteiger partial charge in [-0.25, -0.2) is 4.98 Å². The fraction of sp³-hybridized carbons (Fsp3) is 0.625. The third-order valence-corrected chi connectivity index (χ3v) is 4.48. The van der Waals surface area contributed by atoms with E-state index in [-0.39, 0.29) is 0 Å².